The fourth-order valence-electron chi connectivity index (χ4n) is 14.0. The maximum Gasteiger partial charge on any atom is 0.187 e. The van der Waals surface area contributed by atoms with Gasteiger partial charge in [-0.15, -0.1) is 0 Å². The van der Waals surface area contributed by atoms with E-state index in [0.29, 0.717) is 18.8 Å². The molecule has 8 rings (SSSR count). The van der Waals surface area contributed by atoms with Crippen LogP contribution in [0.4, 0.5) is 0 Å². The van der Waals surface area contributed by atoms with E-state index in [4.69, 9.17) is 52.1 Å². The molecule has 25 atom stereocenters. The Hall–Kier alpha value is -0.900. The zero-order valence-electron chi connectivity index (χ0n) is 39.8. The normalized spacial score (nSPS) is 53.7. The lowest BCUT2D eigenvalue weighted by Gasteiger charge is -2.61. The van der Waals surface area contributed by atoms with Crippen LogP contribution >= 0.6 is 0 Å². The number of ether oxygens (including phenoxy) is 11. The van der Waals surface area contributed by atoms with E-state index in [2.05, 4.69) is 19.9 Å². The molecule has 0 unspecified atom stereocenters. The van der Waals surface area contributed by atoms with Crippen LogP contribution in [0, 0.1) is 28.6 Å². The van der Waals surface area contributed by atoms with Crippen LogP contribution < -0.4 is 0 Å². The Kier molecular flexibility index (Phi) is 15.1. The van der Waals surface area contributed by atoms with Gasteiger partial charge in [0.25, 0.3) is 0 Å². The van der Waals surface area contributed by atoms with Gasteiger partial charge in [0.1, 0.15) is 36.6 Å². The number of rotatable bonds is 12. The van der Waals surface area contributed by atoms with Crippen molar-refractivity contribution in [3.8, 4) is 0 Å². The van der Waals surface area contributed by atoms with Crippen molar-refractivity contribution in [3.05, 3.63) is 11.6 Å². The van der Waals surface area contributed by atoms with Crippen LogP contribution in [0.1, 0.15) is 119 Å². The van der Waals surface area contributed by atoms with Crippen LogP contribution in [0.15, 0.2) is 11.6 Å². The summed E-state index contributed by atoms with van der Waals surface area (Å²) < 4.78 is 67.8. The highest BCUT2D eigenvalue weighted by Crippen LogP contribution is 2.68. The molecule has 0 amide bonds. The summed E-state index contributed by atoms with van der Waals surface area (Å²) in [5.41, 5.74) is 0.403. The van der Waals surface area contributed by atoms with Crippen LogP contribution in [-0.4, -0.2) is 169 Å². The van der Waals surface area contributed by atoms with Crippen molar-refractivity contribution in [2.45, 2.75) is 241 Å². The van der Waals surface area contributed by atoms with E-state index in [1.807, 2.05) is 27.7 Å². The fourth-order valence-corrected chi connectivity index (χ4v) is 14.0. The Morgan fingerprint density at radius 1 is 0.641 bits per heavy atom. The van der Waals surface area contributed by atoms with Crippen molar-refractivity contribution < 1.29 is 77.6 Å². The molecule has 0 bridgehead atoms. The Balaban J connectivity index is 0.825. The summed E-state index contributed by atoms with van der Waals surface area (Å²) >= 11 is 0. The largest absolute Gasteiger partial charge is 0.393 e. The standard InChI is InChI=1S/C48H80O16/c1-23(49)30-15-18-48(53)32-12-11-28-19-29(13-16-46(28,6)31(32)14-17-47(30,48)7)61-36-20-33(50)41(25(3)58-36)62-38-22-35(55-9)42(26(4)59-38)64-45-40(52)44(56-10)43(27(5)60-45)63-37-21-34(54-8)39(51)24(2)57-37/h11,23-27,29-45,49-53H,12-22H2,1-10H3/t23-,24+,25+,26+,27+,29-,30+,31-,32+,33-,34+,35-,36-,37-,38-,39+,40+,41+,42+,43+,44+,45-,46-,47+,48-/m0/s1. The minimum atomic E-state index is -1.23. The summed E-state index contributed by atoms with van der Waals surface area (Å²) in [4.78, 5) is 0. The maximum absolute atomic E-state index is 12.4. The zero-order valence-corrected chi connectivity index (χ0v) is 39.8. The molecule has 4 aliphatic heterocycles. The summed E-state index contributed by atoms with van der Waals surface area (Å²) in [6.07, 6.45) is -1.99. The Morgan fingerprint density at radius 3 is 1.92 bits per heavy atom. The van der Waals surface area contributed by atoms with Crippen LogP contribution in [0.3, 0.4) is 0 Å². The molecule has 0 radical (unpaired) electrons. The Labute approximate surface area is 379 Å². The average molecular weight is 913 g/mol. The molecule has 0 aromatic rings. The monoisotopic (exact) mass is 913 g/mol. The first-order chi connectivity index (χ1) is 30.3. The first kappa shape index (κ1) is 49.5. The van der Waals surface area contributed by atoms with E-state index >= 15 is 0 Å². The van der Waals surface area contributed by atoms with E-state index in [9.17, 15) is 25.5 Å². The number of hydrogen-bond donors (Lipinski definition) is 5. The van der Waals surface area contributed by atoms with Crippen molar-refractivity contribution in [2.24, 2.45) is 28.6 Å². The topological polar surface area (TPSA) is 203 Å². The Bertz CT molecular complexity index is 1590. The smallest absolute Gasteiger partial charge is 0.187 e. The molecule has 0 aromatic heterocycles. The predicted octanol–water partition coefficient (Wildman–Crippen LogP) is 3.88. The highest BCUT2D eigenvalue weighted by molar-refractivity contribution is 5.28. The van der Waals surface area contributed by atoms with E-state index < -0.39 is 116 Å². The van der Waals surface area contributed by atoms with Crippen molar-refractivity contribution in [1.29, 1.82) is 0 Å². The second-order valence-corrected chi connectivity index (χ2v) is 21.2. The van der Waals surface area contributed by atoms with Gasteiger partial charge >= 0.3 is 0 Å². The van der Waals surface area contributed by atoms with Gasteiger partial charge in [0, 0.05) is 46.0 Å². The number of aliphatic hydroxyl groups is 5. The molecule has 4 aliphatic carbocycles. The molecular weight excluding hydrogens is 833 g/mol. The molecule has 0 spiro atoms. The van der Waals surface area contributed by atoms with Crippen LogP contribution in [0.2, 0.25) is 0 Å². The summed E-state index contributed by atoms with van der Waals surface area (Å²) in [6.45, 7) is 13.8. The Morgan fingerprint density at radius 2 is 1.27 bits per heavy atom. The van der Waals surface area contributed by atoms with Crippen LogP contribution in [0.5, 0.6) is 0 Å². The lowest BCUT2D eigenvalue weighted by molar-refractivity contribution is -0.364. The average Bonchev–Trinajstić information content (AvgIpc) is 3.54. The molecule has 16 heteroatoms. The van der Waals surface area contributed by atoms with Crippen molar-refractivity contribution in [1.82, 2.24) is 0 Å². The van der Waals surface area contributed by atoms with Gasteiger partial charge in [0.15, 0.2) is 25.2 Å². The SMILES string of the molecule is CO[C@@H]1[C@@H](O)[C@H](O[C@H]2[C@@H](OC)C[C@H](O[C@H]3[C@@H](O)C[C@H](O[C@H]4CC[C@@]5(C)C(=CC[C@@H]6[C@@H]5CC[C@]5(C)[C@@H]([C@H](C)O)CC[C@]65O)C4)O[C@@H]3C)O[C@@H]2C)O[C@H](C)[C@H]1O[C@H]1C[C@@H](OC)[C@H](O)[C@@H](C)O1. The number of hydrogen-bond acceptors (Lipinski definition) is 16. The van der Waals surface area contributed by atoms with Crippen molar-refractivity contribution >= 4 is 0 Å². The predicted molar refractivity (Wildman–Crippen MR) is 229 cm³/mol. The van der Waals surface area contributed by atoms with Gasteiger partial charge in [-0.1, -0.05) is 25.5 Å². The minimum absolute atomic E-state index is 0.0000227. The molecule has 0 aromatic carbocycles. The number of allylic oxidation sites excluding steroid dienone is 1. The van der Waals surface area contributed by atoms with E-state index in [0.717, 1.165) is 51.4 Å². The van der Waals surface area contributed by atoms with E-state index in [1.165, 1.54) is 19.8 Å². The minimum Gasteiger partial charge on any atom is -0.393 e. The summed E-state index contributed by atoms with van der Waals surface area (Å²) in [5.74, 6) is 0.723. The number of methoxy groups -OCH3 is 3. The summed E-state index contributed by atoms with van der Waals surface area (Å²) in [6, 6.07) is 0. The molecule has 4 heterocycles. The van der Waals surface area contributed by atoms with Crippen LogP contribution in [0.25, 0.3) is 0 Å². The molecule has 4 saturated heterocycles. The zero-order chi connectivity index (χ0) is 46.0. The first-order valence-corrected chi connectivity index (χ1v) is 24.3. The van der Waals surface area contributed by atoms with Gasteiger partial charge in [-0.2, -0.15) is 0 Å². The first-order valence-electron chi connectivity index (χ1n) is 24.3. The lowest BCUT2D eigenvalue weighted by atomic mass is 9.45. The van der Waals surface area contributed by atoms with Gasteiger partial charge in [-0.05, 0) is 109 Å². The molecule has 7 fully saturated rings. The quantitative estimate of drug-likeness (QED) is 0.177. The van der Waals surface area contributed by atoms with Gasteiger partial charge in [0.05, 0.1) is 60.5 Å². The van der Waals surface area contributed by atoms with Gasteiger partial charge in [0.2, 0.25) is 0 Å². The molecule has 64 heavy (non-hydrogen) atoms. The number of aliphatic hydroxyl groups excluding tert-OH is 4. The lowest BCUT2D eigenvalue weighted by Crippen LogP contribution is -2.63. The number of fused-ring (bicyclic) bond motifs is 5. The van der Waals surface area contributed by atoms with E-state index in [-0.39, 0.29) is 35.2 Å². The van der Waals surface area contributed by atoms with Crippen molar-refractivity contribution in [2.75, 3.05) is 21.3 Å². The third-order valence-corrected chi connectivity index (χ3v) is 17.7. The second-order valence-electron chi connectivity index (χ2n) is 21.2. The van der Waals surface area contributed by atoms with Gasteiger partial charge in [-0.25, -0.2) is 0 Å². The summed E-state index contributed by atoms with van der Waals surface area (Å²) in [5, 5.41) is 56.4. The molecule has 5 N–H and O–H groups in total. The third kappa shape index (κ3) is 8.94. The van der Waals surface area contributed by atoms with Crippen molar-refractivity contribution in [3.63, 3.8) is 0 Å². The maximum atomic E-state index is 12.4. The van der Waals surface area contributed by atoms with Crippen LogP contribution in [-0.2, 0) is 52.1 Å². The summed E-state index contributed by atoms with van der Waals surface area (Å²) in [7, 11) is 4.61. The molecule has 16 nitrogen and oxygen atoms in total. The van der Waals surface area contributed by atoms with E-state index in [1.54, 1.807) is 14.0 Å². The highest BCUT2D eigenvalue weighted by atomic mass is 16.8. The fraction of sp³-hybridized carbons (Fsp3) is 0.958. The molecular formula is C48H80O16. The second kappa shape index (κ2) is 19.5. The van der Waals surface area contributed by atoms with Gasteiger partial charge < -0.3 is 77.6 Å². The highest BCUT2D eigenvalue weighted by Gasteiger charge is 2.67. The molecule has 8 aliphatic rings. The molecule has 368 valence electrons. The molecule has 3 saturated carbocycles. The third-order valence-electron chi connectivity index (χ3n) is 17.7. The van der Waals surface area contributed by atoms with Gasteiger partial charge in [-0.3, -0.25) is 0 Å².